The summed E-state index contributed by atoms with van der Waals surface area (Å²) in [5, 5.41) is 1.14. The monoisotopic (exact) mass is 179 g/mol. The molecule has 1 aromatic carbocycles. The Kier molecular flexibility index (Phi) is 1.73. The molecule has 0 aliphatic heterocycles. The SMILES string of the molecule is Cc1cc2ccccc2n1[SiH2]F. The van der Waals surface area contributed by atoms with Crippen LogP contribution in [-0.4, -0.2) is 14.2 Å². The Hall–Kier alpha value is -1.09. The van der Waals surface area contributed by atoms with Gasteiger partial charge in [0.15, 0.2) is 0 Å². The van der Waals surface area contributed by atoms with Crippen LogP contribution in [-0.2, 0) is 0 Å². The standard InChI is InChI=1S/C9H10FNSi/c1-7-6-8-4-2-3-5-9(8)11(7)12-10/h2-6H,12H2,1H3. The van der Waals surface area contributed by atoms with Gasteiger partial charge in [0, 0.05) is 11.2 Å². The van der Waals surface area contributed by atoms with Gasteiger partial charge in [-0.2, -0.15) is 0 Å². The summed E-state index contributed by atoms with van der Waals surface area (Å²) < 4.78 is 14.5. The number of nitrogens with zero attached hydrogens (tertiary/aromatic N) is 1. The molecular weight excluding hydrogens is 169 g/mol. The topological polar surface area (TPSA) is 4.93 Å². The van der Waals surface area contributed by atoms with Crippen LogP contribution in [0.25, 0.3) is 10.9 Å². The fourth-order valence-corrected chi connectivity index (χ4v) is 2.20. The first-order valence-electron chi connectivity index (χ1n) is 3.94. The van der Waals surface area contributed by atoms with Gasteiger partial charge < -0.3 is 4.23 Å². The molecule has 62 valence electrons. The molecule has 3 heteroatoms. The minimum atomic E-state index is -1.60. The first-order chi connectivity index (χ1) is 5.83. The molecule has 0 aliphatic carbocycles. The van der Waals surface area contributed by atoms with Crippen LogP contribution in [0.4, 0.5) is 4.11 Å². The van der Waals surface area contributed by atoms with E-state index in [-0.39, 0.29) is 0 Å². The number of halogens is 1. The fourth-order valence-electron chi connectivity index (χ4n) is 1.51. The van der Waals surface area contributed by atoms with Crippen LogP contribution >= 0.6 is 0 Å². The zero-order valence-electron chi connectivity index (χ0n) is 6.92. The Bertz CT molecular complexity index is 408. The second-order valence-electron chi connectivity index (χ2n) is 2.89. The van der Waals surface area contributed by atoms with Crippen LogP contribution in [0.15, 0.2) is 30.3 Å². The summed E-state index contributed by atoms with van der Waals surface area (Å²) >= 11 is 0. The molecule has 0 saturated carbocycles. The molecule has 1 nitrogen and oxygen atoms in total. The first-order valence-corrected chi connectivity index (χ1v) is 5.10. The molecular formula is C9H10FNSi. The molecule has 1 aromatic heterocycles. The summed E-state index contributed by atoms with van der Waals surface area (Å²) in [5.41, 5.74) is 2.06. The van der Waals surface area contributed by atoms with Crippen LogP contribution in [0.3, 0.4) is 0 Å². The van der Waals surface area contributed by atoms with Crippen molar-refractivity contribution < 1.29 is 4.11 Å². The van der Waals surface area contributed by atoms with Crippen molar-refractivity contribution in [2.24, 2.45) is 0 Å². The first kappa shape index (κ1) is 7.55. The quantitative estimate of drug-likeness (QED) is 0.464. The van der Waals surface area contributed by atoms with Crippen molar-refractivity contribution in [3.05, 3.63) is 36.0 Å². The molecule has 0 fully saturated rings. The van der Waals surface area contributed by atoms with Crippen LogP contribution < -0.4 is 0 Å². The van der Waals surface area contributed by atoms with Crippen molar-refractivity contribution in [3.8, 4) is 0 Å². The number of rotatable bonds is 1. The highest BCUT2D eigenvalue weighted by molar-refractivity contribution is 6.27. The van der Waals surface area contributed by atoms with Gasteiger partial charge in [-0.25, -0.2) is 0 Å². The van der Waals surface area contributed by atoms with E-state index in [0.29, 0.717) is 0 Å². The molecule has 1 heterocycles. The Labute approximate surface area is 72.9 Å². The lowest BCUT2D eigenvalue weighted by Crippen LogP contribution is -2.01. The molecule has 0 spiro atoms. The highest BCUT2D eigenvalue weighted by atomic mass is 28.3. The lowest BCUT2D eigenvalue weighted by molar-refractivity contribution is 0.834. The number of para-hydroxylation sites is 1. The molecule has 0 saturated heterocycles. The van der Waals surface area contributed by atoms with E-state index in [2.05, 4.69) is 0 Å². The van der Waals surface area contributed by atoms with Crippen LogP contribution in [0, 0.1) is 6.92 Å². The van der Waals surface area contributed by atoms with Gasteiger partial charge in [0.05, 0.1) is 0 Å². The van der Waals surface area contributed by atoms with Crippen LogP contribution in [0.1, 0.15) is 5.69 Å². The molecule has 0 bridgehead atoms. The number of aromatic nitrogens is 1. The number of hydrogen-bond donors (Lipinski definition) is 0. The maximum Gasteiger partial charge on any atom is 0.323 e. The van der Waals surface area contributed by atoms with Crippen molar-refractivity contribution in [2.75, 3.05) is 0 Å². The van der Waals surface area contributed by atoms with E-state index in [1.54, 1.807) is 4.23 Å². The van der Waals surface area contributed by atoms with Gasteiger partial charge in [0.2, 0.25) is 0 Å². The van der Waals surface area contributed by atoms with Gasteiger partial charge in [-0.3, -0.25) is 4.11 Å². The van der Waals surface area contributed by atoms with Gasteiger partial charge in [-0.05, 0) is 24.4 Å². The largest absolute Gasteiger partial charge is 0.350 e. The van der Waals surface area contributed by atoms with Gasteiger partial charge in [0.1, 0.15) is 0 Å². The van der Waals surface area contributed by atoms with Crippen molar-refractivity contribution in [1.82, 2.24) is 4.23 Å². The van der Waals surface area contributed by atoms with Crippen LogP contribution in [0.5, 0.6) is 0 Å². The minimum Gasteiger partial charge on any atom is -0.350 e. The normalized spacial score (nSPS) is 11.8. The van der Waals surface area contributed by atoms with E-state index >= 15 is 0 Å². The summed E-state index contributed by atoms with van der Waals surface area (Å²) in [6.07, 6.45) is 0. The number of fused-ring (bicyclic) bond motifs is 1. The second kappa shape index (κ2) is 2.75. The Morgan fingerprint density at radius 2 is 2.08 bits per heavy atom. The van der Waals surface area contributed by atoms with E-state index in [4.69, 9.17) is 0 Å². The lowest BCUT2D eigenvalue weighted by Gasteiger charge is -1.99. The maximum absolute atomic E-state index is 12.7. The predicted molar refractivity (Wildman–Crippen MR) is 51.7 cm³/mol. The predicted octanol–water partition coefficient (Wildman–Crippen LogP) is 1.77. The van der Waals surface area contributed by atoms with Crippen molar-refractivity contribution in [3.63, 3.8) is 0 Å². The van der Waals surface area contributed by atoms with Gasteiger partial charge >= 0.3 is 10.0 Å². The highest BCUT2D eigenvalue weighted by Gasteiger charge is 2.02. The third-order valence-corrected chi connectivity index (χ3v) is 3.22. The molecule has 0 radical (unpaired) electrons. The maximum atomic E-state index is 12.7. The summed E-state index contributed by atoms with van der Waals surface area (Å²) in [6, 6.07) is 9.94. The lowest BCUT2D eigenvalue weighted by atomic mass is 10.2. The van der Waals surface area contributed by atoms with Gasteiger partial charge in [-0.15, -0.1) is 0 Å². The molecule has 0 atom stereocenters. The number of benzene rings is 1. The molecule has 2 aromatic rings. The average molecular weight is 179 g/mol. The van der Waals surface area contributed by atoms with Gasteiger partial charge in [-0.1, -0.05) is 18.2 Å². The third-order valence-electron chi connectivity index (χ3n) is 2.14. The zero-order chi connectivity index (χ0) is 8.55. The van der Waals surface area contributed by atoms with Crippen molar-refractivity contribution >= 4 is 20.9 Å². The van der Waals surface area contributed by atoms with Crippen LogP contribution in [0.2, 0.25) is 0 Å². The third kappa shape index (κ3) is 0.974. The Morgan fingerprint density at radius 1 is 1.33 bits per heavy atom. The van der Waals surface area contributed by atoms with E-state index in [0.717, 1.165) is 16.6 Å². The average Bonchev–Trinajstić information content (AvgIpc) is 2.40. The number of hydrogen-bond acceptors (Lipinski definition) is 0. The second-order valence-corrected chi connectivity index (χ2v) is 3.76. The fraction of sp³-hybridized carbons (Fsp3) is 0.111. The highest BCUT2D eigenvalue weighted by Crippen LogP contribution is 2.17. The summed E-state index contributed by atoms with van der Waals surface area (Å²) in [5.74, 6) is 0. The smallest absolute Gasteiger partial charge is 0.323 e. The Morgan fingerprint density at radius 3 is 2.83 bits per heavy atom. The summed E-state index contributed by atoms with van der Waals surface area (Å²) in [4.78, 5) is 0. The van der Waals surface area contributed by atoms with E-state index in [9.17, 15) is 4.11 Å². The minimum absolute atomic E-state index is 1.03. The number of aryl methyl sites for hydroxylation is 1. The molecule has 0 N–H and O–H groups in total. The molecule has 0 aliphatic rings. The molecule has 0 amide bonds. The zero-order valence-corrected chi connectivity index (χ0v) is 8.33. The molecule has 0 unspecified atom stereocenters. The van der Waals surface area contributed by atoms with E-state index < -0.39 is 10.0 Å². The molecule has 12 heavy (non-hydrogen) atoms. The van der Waals surface area contributed by atoms with E-state index in [1.807, 2.05) is 37.3 Å². The van der Waals surface area contributed by atoms with Crippen molar-refractivity contribution in [2.45, 2.75) is 6.92 Å². The van der Waals surface area contributed by atoms with Crippen molar-refractivity contribution in [1.29, 1.82) is 0 Å². The molecule has 2 rings (SSSR count). The summed E-state index contributed by atoms with van der Waals surface area (Å²) in [7, 11) is -1.60. The Balaban J connectivity index is 2.81. The summed E-state index contributed by atoms with van der Waals surface area (Å²) in [6.45, 7) is 1.95. The van der Waals surface area contributed by atoms with E-state index in [1.165, 1.54) is 0 Å². The van der Waals surface area contributed by atoms with Gasteiger partial charge in [0.25, 0.3) is 0 Å².